The molecule has 168 valence electrons. The summed E-state index contributed by atoms with van der Waals surface area (Å²) in [6.45, 7) is 1.25. The van der Waals surface area contributed by atoms with Crippen LogP contribution in [0.2, 0.25) is 5.02 Å². The predicted molar refractivity (Wildman–Crippen MR) is 120 cm³/mol. The molecule has 33 heavy (non-hydrogen) atoms. The number of fused-ring (bicyclic) bond motifs is 1. The third-order valence-electron chi connectivity index (χ3n) is 5.76. The molecule has 3 heterocycles. The van der Waals surface area contributed by atoms with Crippen molar-refractivity contribution >= 4 is 23.3 Å². The van der Waals surface area contributed by atoms with Crippen LogP contribution in [0.1, 0.15) is 15.9 Å². The molecular weight excluding hydrogens is 447 g/mol. The summed E-state index contributed by atoms with van der Waals surface area (Å²) in [5.41, 5.74) is 2.05. The molecule has 0 spiro atoms. The van der Waals surface area contributed by atoms with Crippen LogP contribution >= 0.6 is 11.6 Å². The first-order chi connectivity index (χ1) is 16.0. The largest absolute Gasteiger partial charge is 0.492 e. The maximum absolute atomic E-state index is 14.5. The standard InChI is InChI=1S/C25H20ClFN2O4/c26-17-4-5-23(20(9-17)22-3-1-2-6-28-22)32-13-15-11-29(12-15)25(31)19-8-16-7-18(30)14-33-24(16)10-21(19)27/h1-6,8-10,15H,7,11-14H2. The number of hydrogen-bond donors (Lipinski definition) is 0. The Morgan fingerprint density at radius 1 is 1.21 bits per heavy atom. The summed E-state index contributed by atoms with van der Waals surface area (Å²) in [7, 11) is 0. The topological polar surface area (TPSA) is 68.7 Å². The fourth-order valence-electron chi connectivity index (χ4n) is 4.03. The minimum absolute atomic E-state index is 0.0402. The lowest BCUT2D eigenvalue weighted by Crippen LogP contribution is -2.52. The van der Waals surface area contributed by atoms with E-state index in [9.17, 15) is 14.0 Å². The first kappa shape index (κ1) is 21.4. The molecule has 1 amide bonds. The van der Waals surface area contributed by atoms with Gasteiger partial charge < -0.3 is 14.4 Å². The van der Waals surface area contributed by atoms with Crippen LogP contribution in [0.5, 0.6) is 11.5 Å². The van der Waals surface area contributed by atoms with Gasteiger partial charge in [-0.2, -0.15) is 0 Å². The van der Waals surface area contributed by atoms with Crippen molar-refractivity contribution in [2.45, 2.75) is 6.42 Å². The zero-order chi connectivity index (χ0) is 22.9. The number of carbonyl (C=O) groups is 2. The molecule has 2 aromatic carbocycles. The molecule has 0 N–H and O–H groups in total. The number of halogens is 2. The van der Waals surface area contributed by atoms with Crippen molar-refractivity contribution in [3.05, 3.63) is 76.7 Å². The molecule has 2 aliphatic heterocycles. The van der Waals surface area contributed by atoms with E-state index in [1.165, 1.54) is 12.1 Å². The molecule has 0 aliphatic carbocycles. The molecule has 2 aliphatic rings. The number of ether oxygens (including phenoxy) is 2. The van der Waals surface area contributed by atoms with Crippen LogP contribution in [0, 0.1) is 11.7 Å². The maximum atomic E-state index is 14.5. The van der Waals surface area contributed by atoms with E-state index in [-0.39, 0.29) is 30.3 Å². The van der Waals surface area contributed by atoms with E-state index >= 15 is 0 Å². The van der Waals surface area contributed by atoms with Gasteiger partial charge in [0.05, 0.1) is 17.9 Å². The molecular formula is C25H20ClFN2O4. The van der Waals surface area contributed by atoms with Crippen LogP contribution in [0.4, 0.5) is 4.39 Å². The van der Waals surface area contributed by atoms with Gasteiger partial charge in [0.15, 0.2) is 5.78 Å². The van der Waals surface area contributed by atoms with E-state index in [0.717, 1.165) is 11.3 Å². The molecule has 6 nitrogen and oxygen atoms in total. The average Bonchev–Trinajstić information content (AvgIpc) is 2.79. The van der Waals surface area contributed by atoms with Crippen LogP contribution in [-0.2, 0) is 11.2 Å². The monoisotopic (exact) mass is 466 g/mol. The normalized spacial score (nSPS) is 15.5. The number of amides is 1. The Hall–Kier alpha value is -3.45. The number of benzene rings is 2. The summed E-state index contributed by atoms with van der Waals surface area (Å²) in [5.74, 6) is -0.0366. The molecule has 1 saturated heterocycles. The summed E-state index contributed by atoms with van der Waals surface area (Å²) in [5, 5.41) is 0.586. The van der Waals surface area contributed by atoms with Crippen molar-refractivity contribution in [3.63, 3.8) is 0 Å². The fourth-order valence-corrected chi connectivity index (χ4v) is 4.20. The Balaban J connectivity index is 1.22. The Bertz CT molecular complexity index is 1230. The first-order valence-electron chi connectivity index (χ1n) is 10.6. The molecule has 1 fully saturated rings. The van der Waals surface area contributed by atoms with Crippen LogP contribution < -0.4 is 9.47 Å². The lowest BCUT2D eigenvalue weighted by Gasteiger charge is -2.39. The van der Waals surface area contributed by atoms with Crippen molar-refractivity contribution in [1.82, 2.24) is 9.88 Å². The van der Waals surface area contributed by atoms with Gasteiger partial charge in [-0.25, -0.2) is 4.39 Å². The number of pyridine rings is 1. The summed E-state index contributed by atoms with van der Waals surface area (Å²) < 4.78 is 25.8. The minimum Gasteiger partial charge on any atom is -0.492 e. The smallest absolute Gasteiger partial charge is 0.256 e. The molecule has 0 radical (unpaired) electrons. The molecule has 0 atom stereocenters. The van der Waals surface area contributed by atoms with Crippen LogP contribution in [0.15, 0.2) is 54.7 Å². The summed E-state index contributed by atoms with van der Waals surface area (Å²) in [6, 6.07) is 13.6. The fraction of sp³-hybridized carbons (Fsp3) is 0.240. The Morgan fingerprint density at radius 3 is 2.85 bits per heavy atom. The van der Waals surface area contributed by atoms with Gasteiger partial charge in [-0.1, -0.05) is 17.7 Å². The minimum atomic E-state index is -0.644. The van der Waals surface area contributed by atoms with Gasteiger partial charge >= 0.3 is 0 Å². The van der Waals surface area contributed by atoms with Crippen LogP contribution in [0.25, 0.3) is 11.3 Å². The second-order valence-corrected chi connectivity index (χ2v) is 8.62. The van der Waals surface area contributed by atoms with Gasteiger partial charge in [-0.3, -0.25) is 14.6 Å². The summed E-state index contributed by atoms with van der Waals surface area (Å²) in [6.07, 6.45) is 1.85. The highest BCUT2D eigenvalue weighted by Crippen LogP contribution is 2.33. The number of rotatable bonds is 5. The zero-order valence-corrected chi connectivity index (χ0v) is 18.3. The van der Waals surface area contributed by atoms with Crippen LogP contribution in [0.3, 0.4) is 0 Å². The summed E-state index contributed by atoms with van der Waals surface area (Å²) in [4.78, 5) is 30.4. The predicted octanol–water partition coefficient (Wildman–Crippen LogP) is 4.20. The number of ketones is 1. The molecule has 0 unspecified atom stereocenters. The van der Waals surface area contributed by atoms with Gasteiger partial charge in [0.1, 0.15) is 23.9 Å². The molecule has 5 rings (SSSR count). The lowest BCUT2D eigenvalue weighted by molar-refractivity contribution is -0.121. The van der Waals surface area contributed by atoms with E-state index in [1.54, 1.807) is 23.2 Å². The highest BCUT2D eigenvalue weighted by Gasteiger charge is 2.34. The van der Waals surface area contributed by atoms with Gasteiger partial charge in [0.2, 0.25) is 0 Å². The van der Waals surface area contributed by atoms with E-state index in [1.807, 2.05) is 24.3 Å². The number of nitrogens with zero attached hydrogens (tertiary/aromatic N) is 2. The van der Waals surface area contributed by atoms with Crippen molar-refractivity contribution in [2.24, 2.45) is 5.92 Å². The van der Waals surface area contributed by atoms with E-state index in [2.05, 4.69) is 4.98 Å². The second-order valence-electron chi connectivity index (χ2n) is 8.19. The highest BCUT2D eigenvalue weighted by atomic mass is 35.5. The van der Waals surface area contributed by atoms with Crippen molar-refractivity contribution in [2.75, 3.05) is 26.3 Å². The first-order valence-corrected chi connectivity index (χ1v) is 11.0. The van der Waals surface area contributed by atoms with Crippen molar-refractivity contribution in [3.8, 4) is 22.8 Å². The molecule has 0 saturated carbocycles. The maximum Gasteiger partial charge on any atom is 0.256 e. The number of Topliss-reactive ketones (excluding diaryl/α,β-unsaturated/α-hetero) is 1. The Labute approximate surface area is 194 Å². The highest BCUT2D eigenvalue weighted by molar-refractivity contribution is 6.31. The average molecular weight is 467 g/mol. The third-order valence-corrected chi connectivity index (χ3v) is 5.99. The number of hydrogen-bond acceptors (Lipinski definition) is 5. The van der Waals surface area contributed by atoms with Gasteiger partial charge in [0.25, 0.3) is 5.91 Å². The SMILES string of the molecule is O=C1COc2cc(F)c(C(=O)N3CC(COc4ccc(Cl)cc4-c4ccccn4)C3)cc2C1. The van der Waals surface area contributed by atoms with Crippen LogP contribution in [-0.4, -0.2) is 47.9 Å². The number of likely N-dealkylation sites (tertiary alicyclic amines) is 1. The zero-order valence-electron chi connectivity index (χ0n) is 17.6. The molecule has 3 aromatic rings. The van der Waals surface area contributed by atoms with Gasteiger partial charge in [-0.15, -0.1) is 0 Å². The van der Waals surface area contributed by atoms with Gasteiger partial charge in [-0.05, 0) is 36.4 Å². The van der Waals surface area contributed by atoms with E-state index in [4.69, 9.17) is 21.1 Å². The van der Waals surface area contributed by atoms with Crippen molar-refractivity contribution in [1.29, 1.82) is 0 Å². The molecule has 8 heteroatoms. The third kappa shape index (κ3) is 4.41. The van der Waals surface area contributed by atoms with Gasteiger partial charge in [0, 0.05) is 53.8 Å². The lowest BCUT2D eigenvalue weighted by atomic mass is 9.97. The number of aromatic nitrogens is 1. The Kier molecular flexibility index (Phi) is 5.72. The number of carbonyl (C=O) groups excluding carboxylic acids is 2. The summed E-state index contributed by atoms with van der Waals surface area (Å²) >= 11 is 6.16. The molecule has 0 bridgehead atoms. The van der Waals surface area contributed by atoms with Crippen molar-refractivity contribution < 1.29 is 23.5 Å². The molecule has 1 aromatic heterocycles. The Morgan fingerprint density at radius 2 is 2.06 bits per heavy atom. The van der Waals surface area contributed by atoms with E-state index in [0.29, 0.717) is 41.8 Å². The second kappa shape index (κ2) is 8.83. The quantitative estimate of drug-likeness (QED) is 0.564. The van der Waals surface area contributed by atoms with E-state index < -0.39 is 11.7 Å².